The topological polar surface area (TPSA) is 86.6 Å². The van der Waals surface area contributed by atoms with Crippen molar-refractivity contribution in [3.05, 3.63) is 29.8 Å². The van der Waals surface area contributed by atoms with Crippen LogP contribution in [0.2, 0.25) is 0 Å². The molecule has 5 nitrogen and oxygen atoms in total. The summed E-state index contributed by atoms with van der Waals surface area (Å²) in [6, 6.07) is 6.72. The van der Waals surface area contributed by atoms with Gasteiger partial charge >= 0.3 is 5.97 Å². The molecular weight excluding hydrogens is 246 g/mol. The number of carboxylic acids is 1. The molecule has 1 aliphatic rings. The van der Waals surface area contributed by atoms with Crippen LogP contribution in [0.25, 0.3) is 0 Å². The van der Waals surface area contributed by atoms with Gasteiger partial charge < -0.3 is 15.5 Å². The van der Waals surface area contributed by atoms with E-state index in [0.29, 0.717) is 5.56 Å². The van der Waals surface area contributed by atoms with Gasteiger partial charge in [0.1, 0.15) is 5.75 Å². The van der Waals surface area contributed by atoms with E-state index in [1.165, 1.54) is 0 Å². The van der Waals surface area contributed by atoms with Gasteiger partial charge in [-0.15, -0.1) is 0 Å². The van der Waals surface area contributed by atoms with Crippen LogP contribution < -0.4 is 5.32 Å². The Morgan fingerprint density at radius 2 is 1.89 bits per heavy atom. The largest absolute Gasteiger partial charge is 0.508 e. The Balaban J connectivity index is 1.97. The second kappa shape index (κ2) is 4.57. The van der Waals surface area contributed by atoms with Gasteiger partial charge in [0.15, 0.2) is 0 Å². The maximum absolute atomic E-state index is 12.0. The van der Waals surface area contributed by atoms with Crippen molar-refractivity contribution in [1.82, 2.24) is 5.32 Å². The molecule has 2 atom stereocenters. The molecule has 0 spiro atoms. The number of nitrogens with one attached hydrogen (secondary N) is 1. The summed E-state index contributed by atoms with van der Waals surface area (Å²) >= 11 is 0. The molecule has 1 fully saturated rings. The van der Waals surface area contributed by atoms with E-state index in [1.54, 1.807) is 38.1 Å². The van der Waals surface area contributed by atoms with E-state index in [9.17, 15) is 14.7 Å². The van der Waals surface area contributed by atoms with Crippen molar-refractivity contribution >= 4 is 11.9 Å². The maximum atomic E-state index is 12.0. The lowest BCUT2D eigenvalue weighted by Gasteiger charge is -2.07. The maximum Gasteiger partial charge on any atom is 0.307 e. The fraction of sp³-hybridized carbons (Fsp3) is 0.429. The Morgan fingerprint density at radius 3 is 2.42 bits per heavy atom. The number of aromatic hydroxyl groups is 1. The highest BCUT2D eigenvalue weighted by molar-refractivity contribution is 5.91. The highest BCUT2D eigenvalue weighted by Crippen LogP contribution is 2.58. The minimum atomic E-state index is -0.937. The first-order valence-corrected chi connectivity index (χ1v) is 6.13. The van der Waals surface area contributed by atoms with E-state index < -0.39 is 23.2 Å². The molecule has 1 aliphatic carbocycles. The number of hydrogen-bond acceptors (Lipinski definition) is 3. The number of hydrogen-bond donors (Lipinski definition) is 3. The fourth-order valence-electron chi connectivity index (χ4n) is 2.54. The van der Waals surface area contributed by atoms with Crippen LogP contribution in [0.15, 0.2) is 24.3 Å². The van der Waals surface area contributed by atoms with E-state index in [0.717, 1.165) is 0 Å². The average molecular weight is 263 g/mol. The van der Waals surface area contributed by atoms with Gasteiger partial charge in [0.2, 0.25) is 5.91 Å². The third-order valence-corrected chi connectivity index (χ3v) is 3.82. The van der Waals surface area contributed by atoms with Gasteiger partial charge in [0.25, 0.3) is 0 Å². The first kappa shape index (κ1) is 13.4. The van der Waals surface area contributed by atoms with Crippen LogP contribution >= 0.6 is 0 Å². The third-order valence-electron chi connectivity index (χ3n) is 3.82. The van der Waals surface area contributed by atoms with Crippen molar-refractivity contribution in [1.29, 1.82) is 0 Å². The summed E-state index contributed by atoms with van der Waals surface area (Å²) in [6.07, 6.45) is 0. The molecule has 1 aromatic rings. The monoisotopic (exact) mass is 263 g/mol. The number of carboxylic acid groups (broad SMARTS) is 1. The lowest BCUT2D eigenvalue weighted by atomic mass is 10.1. The summed E-state index contributed by atoms with van der Waals surface area (Å²) in [7, 11) is 0. The van der Waals surface area contributed by atoms with Crippen molar-refractivity contribution in [3.8, 4) is 5.75 Å². The summed E-state index contributed by atoms with van der Waals surface area (Å²) in [4.78, 5) is 23.0. The smallest absolute Gasteiger partial charge is 0.307 e. The molecule has 19 heavy (non-hydrogen) atoms. The molecule has 1 saturated carbocycles. The Bertz CT molecular complexity index is 524. The van der Waals surface area contributed by atoms with Gasteiger partial charge in [-0.25, -0.2) is 0 Å². The first-order valence-electron chi connectivity index (χ1n) is 6.13. The second-order valence-electron chi connectivity index (χ2n) is 5.46. The Kier molecular flexibility index (Phi) is 3.22. The van der Waals surface area contributed by atoms with Crippen molar-refractivity contribution in [3.63, 3.8) is 0 Å². The number of phenols is 1. The highest BCUT2D eigenvalue weighted by atomic mass is 16.4. The molecular formula is C14H17NO4. The number of carbonyl (C=O) groups is 2. The van der Waals surface area contributed by atoms with Crippen molar-refractivity contribution < 1.29 is 19.8 Å². The molecule has 3 N–H and O–H groups in total. The van der Waals surface area contributed by atoms with Gasteiger partial charge in [0.05, 0.1) is 11.8 Å². The molecule has 0 bridgehead atoms. The van der Waals surface area contributed by atoms with Crippen LogP contribution in [-0.2, 0) is 16.1 Å². The number of phenolic OH excluding ortho intramolecular Hbond substituents is 1. The van der Waals surface area contributed by atoms with E-state index in [1.807, 2.05) is 0 Å². The van der Waals surface area contributed by atoms with Crippen LogP contribution in [0.1, 0.15) is 19.4 Å². The molecule has 5 heteroatoms. The van der Waals surface area contributed by atoms with Gasteiger partial charge in [0, 0.05) is 12.1 Å². The minimum absolute atomic E-state index is 0.118. The fourth-order valence-corrected chi connectivity index (χ4v) is 2.54. The number of benzene rings is 1. The van der Waals surface area contributed by atoms with E-state index in [4.69, 9.17) is 5.11 Å². The van der Waals surface area contributed by atoms with E-state index in [2.05, 4.69) is 5.32 Å². The number of aliphatic carboxylic acids is 1. The Hall–Kier alpha value is -2.04. The Labute approximate surface area is 111 Å². The minimum Gasteiger partial charge on any atom is -0.508 e. The van der Waals surface area contributed by atoms with Gasteiger partial charge in [-0.05, 0) is 11.5 Å². The molecule has 0 radical (unpaired) electrons. The zero-order chi connectivity index (χ0) is 14.2. The molecule has 0 aromatic heterocycles. The van der Waals surface area contributed by atoms with E-state index >= 15 is 0 Å². The predicted molar refractivity (Wildman–Crippen MR) is 68.4 cm³/mol. The molecule has 0 aliphatic heterocycles. The number of para-hydroxylation sites is 1. The quantitative estimate of drug-likeness (QED) is 0.765. The first-order chi connectivity index (χ1) is 8.85. The molecule has 2 rings (SSSR count). The molecule has 0 heterocycles. The molecule has 1 aromatic carbocycles. The van der Waals surface area contributed by atoms with Gasteiger partial charge in [-0.3, -0.25) is 9.59 Å². The molecule has 0 saturated heterocycles. The van der Waals surface area contributed by atoms with Gasteiger partial charge in [-0.1, -0.05) is 32.0 Å². The Morgan fingerprint density at radius 1 is 1.26 bits per heavy atom. The highest BCUT2D eigenvalue weighted by Gasteiger charge is 2.65. The summed E-state index contributed by atoms with van der Waals surface area (Å²) in [5, 5.41) is 21.3. The lowest BCUT2D eigenvalue weighted by molar-refractivity contribution is -0.140. The van der Waals surface area contributed by atoms with Crippen LogP contribution in [0.5, 0.6) is 5.75 Å². The van der Waals surface area contributed by atoms with E-state index in [-0.39, 0.29) is 18.2 Å². The van der Waals surface area contributed by atoms with Crippen molar-refractivity contribution in [2.75, 3.05) is 0 Å². The lowest BCUT2D eigenvalue weighted by Crippen LogP contribution is -2.26. The van der Waals surface area contributed by atoms with Crippen LogP contribution in [0.3, 0.4) is 0 Å². The number of carbonyl (C=O) groups excluding carboxylic acids is 1. The zero-order valence-corrected chi connectivity index (χ0v) is 10.9. The molecule has 1 amide bonds. The summed E-state index contributed by atoms with van der Waals surface area (Å²) < 4.78 is 0. The predicted octanol–water partition coefficient (Wildman–Crippen LogP) is 1.37. The summed E-state index contributed by atoms with van der Waals surface area (Å²) in [6.45, 7) is 3.75. The normalized spacial score (nSPS) is 23.7. The van der Waals surface area contributed by atoms with Crippen LogP contribution in [0.4, 0.5) is 0 Å². The van der Waals surface area contributed by atoms with Crippen LogP contribution in [-0.4, -0.2) is 22.1 Å². The average Bonchev–Trinajstić information content (AvgIpc) is 2.91. The van der Waals surface area contributed by atoms with Crippen molar-refractivity contribution in [2.45, 2.75) is 20.4 Å². The van der Waals surface area contributed by atoms with Crippen LogP contribution in [0, 0.1) is 17.3 Å². The third kappa shape index (κ3) is 2.41. The number of rotatable bonds is 4. The molecule has 0 unspecified atom stereocenters. The zero-order valence-electron chi connectivity index (χ0n) is 10.9. The van der Waals surface area contributed by atoms with Crippen molar-refractivity contribution in [2.24, 2.45) is 17.3 Å². The standard InChI is InChI=1S/C14H17NO4/c1-14(2)10(11(14)13(18)19)12(17)15-7-8-5-3-4-6-9(8)16/h3-6,10-11,16H,7H2,1-2H3,(H,15,17)(H,18,19)/t10-,11+/m1/s1. The second-order valence-corrected chi connectivity index (χ2v) is 5.46. The van der Waals surface area contributed by atoms with Gasteiger partial charge in [-0.2, -0.15) is 0 Å². The SMILES string of the molecule is CC1(C)[C@H](C(=O)O)[C@@H]1C(=O)NCc1ccccc1O. The number of amides is 1. The summed E-state index contributed by atoms with van der Waals surface area (Å²) in [5.74, 6) is -2.23. The summed E-state index contributed by atoms with van der Waals surface area (Å²) in [5.41, 5.74) is 0.107. The molecule has 102 valence electrons.